The van der Waals surface area contributed by atoms with Gasteiger partial charge in [-0.3, -0.25) is 4.79 Å². The number of ether oxygens (including phenoxy) is 2. The fourth-order valence-corrected chi connectivity index (χ4v) is 5.45. The Balaban J connectivity index is 1.19. The number of nitrogens with zero attached hydrogens (tertiary/aromatic N) is 2. The van der Waals surface area contributed by atoms with Crippen LogP contribution in [0.2, 0.25) is 0 Å². The number of para-hydroxylation sites is 1. The number of fused-ring (bicyclic) bond motifs is 2. The number of aromatic nitrogens is 1. The van der Waals surface area contributed by atoms with Crippen LogP contribution in [0.25, 0.3) is 10.2 Å². The second-order valence-corrected chi connectivity index (χ2v) is 9.39. The Morgan fingerprint density at radius 2 is 2.06 bits per heavy atom. The molecule has 2 aliphatic heterocycles. The third-order valence-corrected chi connectivity index (χ3v) is 7.27. The molecule has 5 rings (SSSR count). The Labute approximate surface area is 186 Å². The first-order valence-electron chi connectivity index (χ1n) is 10.9. The van der Waals surface area contributed by atoms with Crippen molar-refractivity contribution < 1.29 is 14.3 Å². The molecule has 0 bridgehead atoms. The molecule has 1 aromatic heterocycles. The van der Waals surface area contributed by atoms with Crippen molar-refractivity contribution in [2.75, 3.05) is 38.6 Å². The van der Waals surface area contributed by atoms with Crippen LogP contribution in [0, 0.1) is 5.92 Å². The summed E-state index contributed by atoms with van der Waals surface area (Å²) < 4.78 is 12.0. The van der Waals surface area contributed by atoms with Crippen LogP contribution in [0.1, 0.15) is 30.7 Å². The van der Waals surface area contributed by atoms with Gasteiger partial charge in [0, 0.05) is 37.2 Å². The minimum atomic E-state index is -0.0868. The van der Waals surface area contributed by atoms with Gasteiger partial charge in [-0.2, -0.15) is 0 Å². The summed E-state index contributed by atoms with van der Waals surface area (Å²) in [5, 5.41) is 4.22. The number of thiazole rings is 1. The molecule has 7 heteroatoms. The van der Waals surface area contributed by atoms with E-state index in [-0.39, 0.29) is 5.97 Å². The van der Waals surface area contributed by atoms with Crippen molar-refractivity contribution in [1.82, 2.24) is 9.88 Å². The van der Waals surface area contributed by atoms with Crippen LogP contribution in [-0.4, -0.2) is 49.1 Å². The molecule has 2 aliphatic rings. The monoisotopic (exact) mass is 437 g/mol. The van der Waals surface area contributed by atoms with Gasteiger partial charge in [0.15, 0.2) is 0 Å². The fourth-order valence-electron chi connectivity index (χ4n) is 4.61. The van der Waals surface area contributed by atoms with Gasteiger partial charge in [0.1, 0.15) is 5.75 Å². The first-order valence-corrected chi connectivity index (χ1v) is 11.7. The van der Waals surface area contributed by atoms with E-state index in [0.717, 1.165) is 60.7 Å². The van der Waals surface area contributed by atoms with Gasteiger partial charge in [-0.25, -0.2) is 4.98 Å². The molecule has 3 heterocycles. The number of hydrogen-bond donors (Lipinski definition) is 1. The molecular formula is C24H27N3O3S. The minimum Gasteiger partial charge on any atom is -0.469 e. The highest BCUT2D eigenvalue weighted by Gasteiger charge is 2.28. The van der Waals surface area contributed by atoms with E-state index >= 15 is 0 Å². The number of carbonyl (C=O) groups excluding carboxylic acids is 1. The predicted octanol–water partition coefficient (Wildman–Crippen LogP) is 4.87. The van der Waals surface area contributed by atoms with Gasteiger partial charge in [-0.1, -0.05) is 29.5 Å². The lowest BCUT2D eigenvalue weighted by molar-refractivity contribution is -0.142. The van der Waals surface area contributed by atoms with Crippen molar-refractivity contribution in [2.24, 2.45) is 5.92 Å². The second-order valence-electron chi connectivity index (χ2n) is 8.40. The highest BCUT2D eigenvalue weighted by molar-refractivity contribution is 7.20. The van der Waals surface area contributed by atoms with E-state index in [1.807, 2.05) is 24.3 Å². The molecular weight excluding hydrogens is 410 g/mol. The van der Waals surface area contributed by atoms with Crippen LogP contribution in [0.4, 0.5) is 5.69 Å². The van der Waals surface area contributed by atoms with Gasteiger partial charge in [-0.15, -0.1) is 0 Å². The maximum absolute atomic E-state index is 11.5. The summed E-state index contributed by atoms with van der Waals surface area (Å²) in [4.78, 5) is 18.6. The van der Waals surface area contributed by atoms with E-state index in [0.29, 0.717) is 23.5 Å². The SMILES string of the molecule is COC(=O)CC1CCN(CC2CNc3cc(Oc4nc5ccccc5s4)ccc32)CC1. The Morgan fingerprint density at radius 3 is 2.87 bits per heavy atom. The summed E-state index contributed by atoms with van der Waals surface area (Å²) in [6.07, 6.45) is 2.68. The smallest absolute Gasteiger partial charge is 0.305 e. The van der Waals surface area contributed by atoms with Gasteiger partial charge in [0.25, 0.3) is 5.19 Å². The molecule has 31 heavy (non-hydrogen) atoms. The van der Waals surface area contributed by atoms with E-state index in [2.05, 4.69) is 33.4 Å². The Hall–Kier alpha value is -2.64. The van der Waals surface area contributed by atoms with E-state index < -0.39 is 0 Å². The predicted molar refractivity (Wildman–Crippen MR) is 123 cm³/mol. The molecule has 1 atom stereocenters. The summed E-state index contributed by atoms with van der Waals surface area (Å²) in [5.74, 6) is 1.66. The first kappa shape index (κ1) is 20.3. The zero-order chi connectivity index (χ0) is 21.2. The van der Waals surface area contributed by atoms with Crippen molar-refractivity contribution in [2.45, 2.75) is 25.2 Å². The number of hydrogen-bond acceptors (Lipinski definition) is 7. The number of rotatable bonds is 6. The zero-order valence-electron chi connectivity index (χ0n) is 17.7. The Kier molecular flexibility index (Phi) is 5.78. The molecule has 1 saturated heterocycles. The molecule has 0 radical (unpaired) electrons. The van der Waals surface area contributed by atoms with E-state index in [4.69, 9.17) is 9.47 Å². The highest BCUT2D eigenvalue weighted by atomic mass is 32.1. The van der Waals surface area contributed by atoms with Gasteiger partial charge >= 0.3 is 5.97 Å². The fraction of sp³-hybridized carbons (Fsp3) is 0.417. The molecule has 162 valence electrons. The number of nitrogens with one attached hydrogen (secondary N) is 1. The standard InChI is InChI=1S/C24H27N3O3S/c1-29-23(28)12-16-8-10-27(11-9-16)15-17-14-25-21-13-18(6-7-19(17)21)30-24-26-20-4-2-3-5-22(20)31-24/h2-7,13,16-17,25H,8-12,14-15H2,1H3. The Morgan fingerprint density at radius 1 is 1.23 bits per heavy atom. The topological polar surface area (TPSA) is 63.7 Å². The lowest BCUT2D eigenvalue weighted by Crippen LogP contribution is -2.37. The quantitative estimate of drug-likeness (QED) is 0.555. The van der Waals surface area contributed by atoms with E-state index in [1.54, 1.807) is 11.3 Å². The van der Waals surface area contributed by atoms with Gasteiger partial charge < -0.3 is 19.7 Å². The number of piperidine rings is 1. The Bertz CT molecular complexity index is 1040. The maximum atomic E-state index is 11.5. The van der Waals surface area contributed by atoms with Gasteiger partial charge in [-0.05, 0) is 55.6 Å². The maximum Gasteiger partial charge on any atom is 0.305 e. The summed E-state index contributed by atoms with van der Waals surface area (Å²) in [7, 11) is 1.47. The van der Waals surface area contributed by atoms with Crippen molar-refractivity contribution in [3.63, 3.8) is 0 Å². The lowest BCUT2D eigenvalue weighted by atomic mass is 9.92. The molecule has 1 N–H and O–H groups in total. The van der Waals surface area contributed by atoms with Crippen LogP contribution in [-0.2, 0) is 9.53 Å². The number of anilines is 1. The molecule has 6 nitrogen and oxygen atoms in total. The molecule has 1 unspecified atom stereocenters. The molecule has 0 saturated carbocycles. The van der Waals surface area contributed by atoms with Gasteiger partial charge in [0.05, 0.1) is 17.3 Å². The molecule has 0 aliphatic carbocycles. The van der Waals surface area contributed by atoms with Crippen molar-refractivity contribution in [3.05, 3.63) is 48.0 Å². The van der Waals surface area contributed by atoms with Crippen LogP contribution >= 0.6 is 11.3 Å². The van der Waals surface area contributed by atoms with Crippen LogP contribution in [0.3, 0.4) is 0 Å². The number of methoxy groups -OCH3 is 1. The van der Waals surface area contributed by atoms with Crippen molar-refractivity contribution in [3.8, 4) is 10.9 Å². The first-order chi connectivity index (χ1) is 15.2. The third kappa shape index (κ3) is 4.52. The summed E-state index contributed by atoms with van der Waals surface area (Å²) in [5.41, 5.74) is 3.48. The average Bonchev–Trinajstić information content (AvgIpc) is 3.38. The molecule has 1 fully saturated rings. The average molecular weight is 438 g/mol. The summed E-state index contributed by atoms with van der Waals surface area (Å²) in [6, 6.07) is 14.4. The lowest BCUT2D eigenvalue weighted by Gasteiger charge is -2.33. The van der Waals surface area contributed by atoms with E-state index in [1.165, 1.54) is 12.7 Å². The molecule has 3 aromatic rings. The number of likely N-dealkylation sites (tertiary alicyclic amines) is 1. The molecule has 0 amide bonds. The second kappa shape index (κ2) is 8.85. The van der Waals surface area contributed by atoms with Crippen molar-refractivity contribution >= 4 is 33.2 Å². The highest BCUT2D eigenvalue weighted by Crippen LogP contribution is 2.38. The number of carbonyl (C=O) groups is 1. The van der Waals surface area contributed by atoms with Gasteiger partial charge in [0.2, 0.25) is 0 Å². The number of esters is 1. The van der Waals surface area contributed by atoms with Crippen molar-refractivity contribution in [1.29, 1.82) is 0 Å². The normalized spacial score (nSPS) is 19.2. The van der Waals surface area contributed by atoms with Crippen LogP contribution in [0.15, 0.2) is 42.5 Å². The summed E-state index contributed by atoms with van der Waals surface area (Å²) in [6.45, 7) is 4.09. The minimum absolute atomic E-state index is 0.0868. The van der Waals surface area contributed by atoms with Crippen LogP contribution in [0.5, 0.6) is 10.9 Å². The zero-order valence-corrected chi connectivity index (χ0v) is 18.5. The van der Waals surface area contributed by atoms with Crippen LogP contribution < -0.4 is 10.1 Å². The molecule has 0 spiro atoms. The largest absolute Gasteiger partial charge is 0.469 e. The summed E-state index contributed by atoms with van der Waals surface area (Å²) >= 11 is 1.56. The third-order valence-electron chi connectivity index (χ3n) is 6.35. The van der Waals surface area contributed by atoms with E-state index in [9.17, 15) is 4.79 Å². The number of benzene rings is 2. The molecule has 2 aromatic carbocycles.